The molecule has 126 valence electrons. The molecule has 0 aliphatic rings. The SMILES string of the molecule is COc1cccc(CC(=O)Nc2ccc(C(C)(C)C(=O)O)cc2)c1. The minimum atomic E-state index is -0.969. The van der Waals surface area contributed by atoms with E-state index in [9.17, 15) is 14.7 Å². The summed E-state index contributed by atoms with van der Waals surface area (Å²) in [7, 11) is 1.58. The number of aliphatic carboxylic acids is 1. The van der Waals surface area contributed by atoms with E-state index < -0.39 is 11.4 Å². The van der Waals surface area contributed by atoms with Gasteiger partial charge in [0.05, 0.1) is 18.9 Å². The van der Waals surface area contributed by atoms with Gasteiger partial charge in [-0.3, -0.25) is 9.59 Å². The Morgan fingerprint density at radius 2 is 1.79 bits per heavy atom. The van der Waals surface area contributed by atoms with E-state index in [0.717, 1.165) is 5.56 Å². The van der Waals surface area contributed by atoms with Crippen LogP contribution in [0.5, 0.6) is 5.75 Å². The monoisotopic (exact) mass is 327 g/mol. The summed E-state index contributed by atoms with van der Waals surface area (Å²) in [5.74, 6) is -0.327. The van der Waals surface area contributed by atoms with Gasteiger partial charge in [0.15, 0.2) is 0 Å². The summed E-state index contributed by atoms with van der Waals surface area (Å²) in [5, 5.41) is 12.0. The fraction of sp³-hybridized carbons (Fsp3) is 0.263. The van der Waals surface area contributed by atoms with Crippen molar-refractivity contribution in [2.75, 3.05) is 12.4 Å². The molecule has 0 atom stereocenters. The lowest BCUT2D eigenvalue weighted by molar-refractivity contribution is -0.142. The van der Waals surface area contributed by atoms with Crippen LogP contribution in [0.4, 0.5) is 5.69 Å². The summed E-state index contributed by atoms with van der Waals surface area (Å²) in [6, 6.07) is 14.2. The van der Waals surface area contributed by atoms with Crippen LogP contribution in [0.25, 0.3) is 0 Å². The first-order chi connectivity index (χ1) is 11.3. The predicted octanol–water partition coefficient (Wildman–Crippen LogP) is 3.24. The number of rotatable bonds is 6. The largest absolute Gasteiger partial charge is 0.497 e. The molecule has 0 aliphatic carbocycles. The maximum absolute atomic E-state index is 12.1. The first-order valence-electron chi connectivity index (χ1n) is 7.59. The topological polar surface area (TPSA) is 75.6 Å². The molecule has 1 amide bonds. The second kappa shape index (κ2) is 7.17. The van der Waals surface area contributed by atoms with Gasteiger partial charge >= 0.3 is 5.97 Å². The molecular weight excluding hydrogens is 306 g/mol. The molecule has 0 aliphatic heterocycles. The number of carboxylic acid groups (broad SMARTS) is 1. The average molecular weight is 327 g/mol. The molecule has 24 heavy (non-hydrogen) atoms. The maximum Gasteiger partial charge on any atom is 0.313 e. The van der Waals surface area contributed by atoms with Gasteiger partial charge in [0.2, 0.25) is 5.91 Å². The summed E-state index contributed by atoms with van der Waals surface area (Å²) in [6.07, 6.45) is 0.236. The first kappa shape index (κ1) is 17.5. The van der Waals surface area contributed by atoms with Gasteiger partial charge in [0, 0.05) is 5.69 Å². The van der Waals surface area contributed by atoms with Crippen molar-refractivity contribution in [1.29, 1.82) is 0 Å². The molecule has 2 rings (SSSR count). The van der Waals surface area contributed by atoms with Crippen LogP contribution < -0.4 is 10.1 Å². The molecule has 0 saturated carbocycles. The van der Waals surface area contributed by atoms with Gasteiger partial charge in [-0.25, -0.2) is 0 Å². The van der Waals surface area contributed by atoms with Gasteiger partial charge in [-0.05, 0) is 49.2 Å². The zero-order valence-electron chi connectivity index (χ0n) is 14.0. The van der Waals surface area contributed by atoms with Gasteiger partial charge < -0.3 is 15.2 Å². The molecule has 0 heterocycles. The van der Waals surface area contributed by atoms with Crippen molar-refractivity contribution >= 4 is 17.6 Å². The molecule has 0 saturated heterocycles. The second-order valence-electron chi connectivity index (χ2n) is 6.08. The third-order valence-electron chi connectivity index (χ3n) is 3.92. The van der Waals surface area contributed by atoms with E-state index in [0.29, 0.717) is 17.0 Å². The van der Waals surface area contributed by atoms with E-state index in [1.165, 1.54) is 0 Å². The maximum atomic E-state index is 12.1. The lowest BCUT2D eigenvalue weighted by Gasteiger charge is -2.19. The number of anilines is 1. The van der Waals surface area contributed by atoms with Crippen LogP contribution in [-0.4, -0.2) is 24.1 Å². The summed E-state index contributed by atoms with van der Waals surface area (Å²) >= 11 is 0. The minimum absolute atomic E-state index is 0.145. The summed E-state index contributed by atoms with van der Waals surface area (Å²) in [4.78, 5) is 23.4. The fourth-order valence-electron chi connectivity index (χ4n) is 2.27. The molecule has 0 spiro atoms. The number of carboxylic acids is 1. The molecule has 0 radical (unpaired) electrons. The fourth-order valence-corrected chi connectivity index (χ4v) is 2.27. The Labute approximate surface area is 141 Å². The van der Waals surface area contributed by atoms with Crippen molar-refractivity contribution < 1.29 is 19.4 Å². The second-order valence-corrected chi connectivity index (χ2v) is 6.08. The van der Waals surface area contributed by atoms with Gasteiger partial charge in [0.25, 0.3) is 0 Å². The van der Waals surface area contributed by atoms with E-state index in [4.69, 9.17) is 4.74 Å². The van der Waals surface area contributed by atoms with Crippen molar-refractivity contribution in [1.82, 2.24) is 0 Å². The Hall–Kier alpha value is -2.82. The van der Waals surface area contributed by atoms with E-state index in [-0.39, 0.29) is 12.3 Å². The van der Waals surface area contributed by atoms with E-state index in [1.54, 1.807) is 45.2 Å². The van der Waals surface area contributed by atoms with Crippen LogP contribution in [0, 0.1) is 0 Å². The summed E-state index contributed by atoms with van der Waals surface area (Å²) in [6.45, 7) is 3.29. The molecule has 0 unspecified atom stereocenters. The van der Waals surface area contributed by atoms with Crippen LogP contribution in [0.2, 0.25) is 0 Å². The Bertz CT molecular complexity index is 735. The minimum Gasteiger partial charge on any atom is -0.497 e. The van der Waals surface area contributed by atoms with Crippen molar-refractivity contribution in [3.63, 3.8) is 0 Å². The van der Waals surface area contributed by atoms with Gasteiger partial charge in [-0.2, -0.15) is 0 Å². The number of hydrogen-bond donors (Lipinski definition) is 2. The number of carbonyl (C=O) groups excluding carboxylic acids is 1. The first-order valence-corrected chi connectivity index (χ1v) is 7.59. The highest BCUT2D eigenvalue weighted by Gasteiger charge is 2.29. The van der Waals surface area contributed by atoms with Gasteiger partial charge in [-0.1, -0.05) is 24.3 Å². The molecule has 0 aromatic heterocycles. The zero-order valence-corrected chi connectivity index (χ0v) is 14.0. The van der Waals surface area contributed by atoms with Crippen LogP contribution in [0.3, 0.4) is 0 Å². The average Bonchev–Trinajstić information content (AvgIpc) is 2.55. The van der Waals surface area contributed by atoms with Crippen LogP contribution in [-0.2, 0) is 21.4 Å². The highest BCUT2D eigenvalue weighted by atomic mass is 16.5. The number of nitrogens with one attached hydrogen (secondary N) is 1. The number of carbonyl (C=O) groups is 2. The van der Waals surface area contributed by atoms with Crippen molar-refractivity contribution in [2.24, 2.45) is 0 Å². The van der Waals surface area contributed by atoms with Crippen molar-refractivity contribution in [3.05, 3.63) is 59.7 Å². The third-order valence-corrected chi connectivity index (χ3v) is 3.92. The highest BCUT2D eigenvalue weighted by Crippen LogP contribution is 2.25. The summed E-state index contributed by atoms with van der Waals surface area (Å²) < 4.78 is 5.14. The Balaban J connectivity index is 2.03. The third kappa shape index (κ3) is 4.13. The van der Waals surface area contributed by atoms with E-state index in [1.807, 2.05) is 24.3 Å². The van der Waals surface area contributed by atoms with Gasteiger partial charge in [0.1, 0.15) is 5.75 Å². The highest BCUT2D eigenvalue weighted by molar-refractivity contribution is 5.92. The number of amides is 1. The molecule has 5 heteroatoms. The molecular formula is C19H21NO4. The van der Waals surface area contributed by atoms with E-state index >= 15 is 0 Å². The normalized spacial score (nSPS) is 11.0. The van der Waals surface area contributed by atoms with Gasteiger partial charge in [-0.15, -0.1) is 0 Å². The molecule has 0 bridgehead atoms. The Kier molecular flexibility index (Phi) is 5.24. The molecule has 2 N–H and O–H groups in total. The molecule has 2 aromatic carbocycles. The number of benzene rings is 2. The van der Waals surface area contributed by atoms with Crippen molar-refractivity contribution in [2.45, 2.75) is 25.7 Å². The number of hydrogen-bond acceptors (Lipinski definition) is 3. The van der Waals surface area contributed by atoms with Crippen LogP contribution >= 0.6 is 0 Å². The smallest absolute Gasteiger partial charge is 0.313 e. The molecule has 2 aromatic rings. The summed E-state index contributed by atoms with van der Waals surface area (Å²) in [5.41, 5.74) is 1.20. The van der Waals surface area contributed by atoms with Crippen LogP contribution in [0.15, 0.2) is 48.5 Å². The quantitative estimate of drug-likeness (QED) is 0.854. The standard InChI is InChI=1S/C19H21NO4/c1-19(2,18(22)23)14-7-9-15(10-8-14)20-17(21)12-13-5-4-6-16(11-13)24-3/h4-11H,12H2,1-3H3,(H,20,21)(H,22,23). The van der Waals surface area contributed by atoms with E-state index in [2.05, 4.69) is 5.32 Å². The Morgan fingerprint density at radius 3 is 2.38 bits per heavy atom. The number of ether oxygens (including phenoxy) is 1. The van der Waals surface area contributed by atoms with Crippen LogP contribution in [0.1, 0.15) is 25.0 Å². The van der Waals surface area contributed by atoms with Crippen molar-refractivity contribution in [3.8, 4) is 5.75 Å². The zero-order chi connectivity index (χ0) is 17.7. The predicted molar refractivity (Wildman–Crippen MR) is 92.4 cm³/mol. The lowest BCUT2D eigenvalue weighted by atomic mass is 9.85. The molecule has 0 fully saturated rings. The molecule has 5 nitrogen and oxygen atoms in total. The Morgan fingerprint density at radius 1 is 1.12 bits per heavy atom. The number of methoxy groups -OCH3 is 1. The lowest BCUT2D eigenvalue weighted by Crippen LogP contribution is -2.28.